The standard InChI is InChI=1S/C15H24N4O3/c1-15(2,3)22-14(20)18-8-9-19(12(10-18)11-21-4)13-16-6-5-7-17-13/h5-7,12H,8-11H2,1-4H3/t12-/m1/s1. The normalized spacial score (nSPS) is 19.2. The van der Waals surface area contributed by atoms with Crippen LogP contribution in [0.15, 0.2) is 18.5 Å². The van der Waals surface area contributed by atoms with Gasteiger partial charge < -0.3 is 19.3 Å². The molecule has 2 rings (SSSR count). The molecule has 1 fully saturated rings. The van der Waals surface area contributed by atoms with Gasteiger partial charge in [-0.1, -0.05) is 0 Å². The Morgan fingerprint density at radius 1 is 1.32 bits per heavy atom. The molecule has 0 saturated carbocycles. The molecular formula is C15H24N4O3. The molecule has 7 nitrogen and oxygen atoms in total. The molecule has 0 aromatic carbocycles. The summed E-state index contributed by atoms with van der Waals surface area (Å²) in [6.07, 6.45) is 3.14. The second kappa shape index (κ2) is 6.91. The Morgan fingerprint density at radius 2 is 2.00 bits per heavy atom. The first kappa shape index (κ1) is 16.5. The van der Waals surface area contributed by atoms with Gasteiger partial charge in [0, 0.05) is 39.1 Å². The van der Waals surface area contributed by atoms with Crippen LogP contribution in [0, 0.1) is 0 Å². The van der Waals surface area contributed by atoms with Gasteiger partial charge in [0.15, 0.2) is 0 Å². The van der Waals surface area contributed by atoms with Crippen LogP contribution in [0.2, 0.25) is 0 Å². The third-order valence-electron chi connectivity index (χ3n) is 3.30. The van der Waals surface area contributed by atoms with E-state index in [1.165, 1.54) is 0 Å². The molecule has 1 aliphatic rings. The van der Waals surface area contributed by atoms with Crippen LogP contribution in [0.4, 0.5) is 10.7 Å². The van der Waals surface area contributed by atoms with E-state index in [4.69, 9.17) is 9.47 Å². The molecule has 1 aromatic heterocycles. The van der Waals surface area contributed by atoms with Crippen LogP contribution in [0.3, 0.4) is 0 Å². The highest BCUT2D eigenvalue weighted by atomic mass is 16.6. The van der Waals surface area contributed by atoms with Crippen LogP contribution in [-0.2, 0) is 9.47 Å². The molecule has 0 unspecified atom stereocenters. The minimum absolute atomic E-state index is 0.00803. The van der Waals surface area contributed by atoms with E-state index in [9.17, 15) is 4.79 Å². The van der Waals surface area contributed by atoms with E-state index in [-0.39, 0.29) is 12.1 Å². The van der Waals surface area contributed by atoms with Crippen molar-refractivity contribution in [3.05, 3.63) is 18.5 Å². The molecule has 0 spiro atoms. The molecule has 0 bridgehead atoms. The Hall–Kier alpha value is -1.89. The van der Waals surface area contributed by atoms with Crippen molar-refractivity contribution in [3.63, 3.8) is 0 Å². The summed E-state index contributed by atoms with van der Waals surface area (Å²) in [7, 11) is 1.65. The van der Waals surface area contributed by atoms with Gasteiger partial charge in [-0.15, -0.1) is 0 Å². The maximum atomic E-state index is 12.2. The number of nitrogens with zero attached hydrogens (tertiary/aromatic N) is 4. The zero-order chi connectivity index (χ0) is 16.2. The molecule has 0 aliphatic carbocycles. The monoisotopic (exact) mass is 308 g/mol. The summed E-state index contributed by atoms with van der Waals surface area (Å²) < 4.78 is 10.7. The Kier molecular flexibility index (Phi) is 5.18. The van der Waals surface area contributed by atoms with Crippen molar-refractivity contribution >= 4 is 12.0 Å². The zero-order valence-corrected chi connectivity index (χ0v) is 13.7. The number of amides is 1. The summed E-state index contributed by atoms with van der Waals surface area (Å²) in [6.45, 7) is 7.85. The Labute approximate surface area is 131 Å². The highest BCUT2D eigenvalue weighted by Gasteiger charge is 2.33. The van der Waals surface area contributed by atoms with Gasteiger partial charge in [0.1, 0.15) is 5.60 Å². The lowest BCUT2D eigenvalue weighted by molar-refractivity contribution is 0.0185. The maximum Gasteiger partial charge on any atom is 0.410 e. The lowest BCUT2D eigenvalue weighted by Gasteiger charge is -2.41. The molecular weight excluding hydrogens is 284 g/mol. The lowest BCUT2D eigenvalue weighted by Crippen LogP contribution is -2.57. The van der Waals surface area contributed by atoms with Crippen molar-refractivity contribution in [2.45, 2.75) is 32.4 Å². The predicted octanol–water partition coefficient (Wildman–Crippen LogP) is 1.55. The van der Waals surface area contributed by atoms with E-state index in [0.717, 1.165) is 0 Å². The van der Waals surface area contributed by atoms with E-state index in [0.29, 0.717) is 32.2 Å². The number of hydrogen-bond donors (Lipinski definition) is 0. The van der Waals surface area contributed by atoms with Crippen molar-refractivity contribution in [1.29, 1.82) is 0 Å². The SMILES string of the molecule is COC[C@H]1CN(C(=O)OC(C)(C)C)CCN1c1ncccn1. The van der Waals surface area contributed by atoms with Gasteiger partial charge in [0.2, 0.25) is 5.95 Å². The summed E-state index contributed by atoms with van der Waals surface area (Å²) in [4.78, 5) is 24.6. The van der Waals surface area contributed by atoms with Crippen molar-refractivity contribution in [2.24, 2.45) is 0 Å². The fraction of sp³-hybridized carbons (Fsp3) is 0.667. The van der Waals surface area contributed by atoms with Gasteiger partial charge in [-0.05, 0) is 26.8 Å². The molecule has 1 aromatic rings. The minimum Gasteiger partial charge on any atom is -0.444 e. The number of carbonyl (C=O) groups excluding carboxylic acids is 1. The molecule has 7 heteroatoms. The first-order valence-corrected chi connectivity index (χ1v) is 7.41. The first-order chi connectivity index (χ1) is 10.4. The smallest absolute Gasteiger partial charge is 0.410 e. The quantitative estimate of drug-likeness (QED) is 0.844. The van der Waals surface area contributed by atoms with E-state index in [1.54, 1.807) is 30.5 Å². The third kappa shape index (κ3) is 4.30. The molecule has 1 amide bonds. The number of rotatable bonds is 3. The second-order valence-corrected chi connectivity index (χ2v) is 6.28. The number of aromatic nitrogens is 2. The molecule has 2 heterocycles. The molecule has 0 radical (unpaired) electrons. The number of piperazine rings is 1. The van der Waals surface area contributed by atoms with Crippen molar-refractivity contribution in [3.8, 4) is 0 Å². The molecule has 1 aliphatic heterocycles. The summed E-state index contributed by atoms with van der Waals surface area (Å²) >= 11 is 0. The van der Waals surface area contributed by atoms with E-state index >= 15 is 0 Å². The van der Waals surface area contributed by atoms with E-state index < -0.39 is 5.60 Å². The van der Waals surface area contributed by atoms with Crippen LogP contribution in [0.5, 0.6) is 0 Å². The maximum absolute atomic E-state index is 12.2. The van der Waals surface area contributed by atoms with E-state index in [1.807, 2.05) is 20.8 Å². The van der Waals surface area contributed by atoms with Crippen molar-refractivity contribution < 1.29 is 14.3 Å². The van der Waals surface area contributed by atoms with Crippen LogP contribution >= 0.6 is 0 Å². The van der Waals surface area contributed by atoms with Crippen LogP contribution in [0.1, 0.15) is 20.8 Å². The fourth-order valence-electron chi connectivity index (χ4n) is 2.39. The van der Waals surface area contributed by atoms with E-state index in [2.05, 4.69) is 14.9 Å². The molecule has 22 heavy (non-hydrogen) atoms. The minimum atomic E-state index is -0.493. The topological polar surface area (TPSA) is 67.8 Å². The van der Waals surface area contributed by atoms with Crippen LogP contribution in [-0.4, -0.2) is 66.0 Å². The Balaban J connectivity index is 2.06. The zero-order valence-electron chi connectivity index (χ0n) is 13.7. The summed E-state index contributed by atoms with van der Waals surface area (Å²) in [5.74, 6) is 0.661. The number of carbonyl (C=O) groups is 1. The van der Waals surface area contributed by atoms with Gasteiger partial charge in [0.25, 0.3) is 0 Å². The summed E-state index contributed by atoms with van der Waals surface area (Å²) in [5.41, 5.74) is -0.493. The molecule has 1 saturated heterocycles. The average Bonchev–Trinajstić information content (AvgIpc) is 2.47. The van der Waals surface area contributed by atoms with Gasteiger partial charge >= 0.3 is 6.09 Å². The third-order valence-corrected chi connectivity index (χ3v) is 3.30. The number of anilines is 1. The van der Waals surface area contributed by atoms with Gasteiger partial charge in [-0.2, -0.15) is 0 Å². The Bertz CT molecular complexity index is 489. The summed E-state index contributed by atoms with van der Waals surface area (Å²) in [6, 6.07) is 1.79. The van der Waals surface area contributed by atoms with Gasteiger partial charge in [-0.3, -0.25) is 0 Å². The Morgan fingerprint density at radius 3 is 2.59 bits per heavy atom. The second-order valence-electron chi connectivity index (χ2n) is 6.28. The lowest BCUT2D eigenvalue weighted by atomic mass is 10.2. The largest absolute Gasteiger partial charge is 0.444 e. The van der Waals surface area contributed by atoms with Crippen molar-refractivity contribution in [1.82, 2.24) is 14.9 Å². The van der Waals surface area contributed by atoms with Gasteiger partial charge in [0.05, 0.1) is 12.6 Å². The van der Waals surface area contributed by atoms with Crippen LogP contribution < -0.4 is 4.90 Å². The molecule has 0 N–H and O–H groups in total. The predicted molar refractivity (Wildman–Crippen MR) is 82.8 cm³/mol. The number of ether oxygens (including phenoxy) is 2. The van der Waals surface area contributed by atoms with Crippen molar-refractivity contribution in [2.75, 3.05) is 38.3 Å². The molecule has 1 atom stereocenters. The first-order valence-electron chi connectivity index (χ1n) is 7.41. The average molecular weight is 308 g/mol. The highest BCUT2D eigenvalue weighted by molar-refractivity contribution is 5.68. The number of methoxy groups -OCH3 is 1. The van der Waals surface area contributed by atoms with Gasteiger partial charge in [-0.25, -0.2) is 14.8 Å². The summed E-state index contributed by atoms with van der Waals surface area (Å²) in [5, 5.41) is 0. The number of hydrogen-bond acceptors (Lipinski definition) is 6. The molecule has 122 valence electrons. The fourth-order valence-corrected chi connectivity index (χ4v) is 2.39. The van der Waals surface area contributed by atoms with Crippen LogP contribution in [0.25, 0.3) is 0 Å². The highest BCUT2D eigenvalue weighted by Crippen LogP contribution is 2.18.